The number of anilines is 1. The Morgan fingerprint density at radius 1 is 1.41 bits per heavy atom. The van der Waals surface area contributed by atoms with Crippen LogP contribution < -0.4 is 10.1 Å². The van der Waals surface area contributed by atoms with Crippen LogP contribution in [-0.4, -0.2) is 18.1 Å². The number of benzene rings is 1. The maximum absolute atomic E-state index is 12.6. The molecule has 17 heavy (non-hydrogen) atoms. The molecule has 1 heterocycles. The first kappa shape index (κ1) is 11.7. The third-order valence-electron chi connectivity index (χ3n) is 2.47. The average molecular weight is 247 g/mol. The van der Waals surface area contributed by atoms with Crippen LogP contribution in [0.5, 0.6) is 5.75 Å². The fourth-order valence-electron chi connectivity index (χ4n) is 1.64. The van der Waals surface area contributed by atoms with Crippen LogP contribution in [-0.2, 0) is 11.0 Å². The topological polar surface area (TPSA) is 58.6 Å². The molecule has 1 amide bonds. The molecule has 0 fully saturated rings. The lowest BCUT2D eigenvalue weighted by Gasteiger charge is -2.12. The zero-order valence-electron chi connectivity index (χ0n) is 8.63. The first-order valence-corrected chi connectivity index (χ1v) is 4.62. The summed E-state index contributed by atoms with van der Waals surface area (Å²) in [5, 5.41) is 11.7. The molecule has 7 heteroatoms. The molecule has 4 nitrogen and oxygen atoms in total. The van der Waals surface area contributed by atoms with E-state index in [1.165, 1.54) is 7.11 Å². The first-order valence-electron chi connectivity index (χ1n) is 4.62. The van der Waals surface area contributed by atoms with Gasteiger partial charge in [0.15, 0.2) is 6.10 Å². The molecule has 1 aromatic rings. The highest BCUT2D eigenvalue weighted by Gasteiger charge is 2.37. The number of carbonyl (C=O) groups is 1. The molecular formula is C10H8F3NO3. The molecule has 1 aromatic carbocycles. The normalized spacial score (nSPS) is 18.9. The summed E-state index contributed by atoms with van der Waals surface area (Å²) in [4.78, 5) is 11.2. The van der Waals surface area contributed by atoms with Gasteiger partial charge in [0.2, 0.25) is 0 Å². The third-order valence-corrected chi connectivity index (χ3v) is 2.47. The number of fused-ring (bicyclic) bond motifs is 1. The van der Waals surface area contributed by atoms with E-state index in [2.05, 4.69) is 5.32 Å². The van der Waals surface area contributed by atoms with Gasteiger partial charge >= 0.3 is 6.18 Å². The summed E-state index contributed by atoms with van der Waals surface area (Å²) in [5.74, 6) is -0.891. The van der Waals surface area contributed by atoms with E-state index in [4.69, 9.17) is 4.74 Å². The van der Waals surface area contributed by atoms with E-state index in [1.54, 1.807) is 0 Å². The number of ether oxygens (including phenoxy) is 1. The molecule has 0 aromatic heterocycles. The van der Waals surface area contributed by atoms with Gasteiger partial charge in [-0.15, -0.1) is 0 Å². The molecule has 0 saturated heterocycles. The number of carbonyl (C=O) groups excluding carboxylic acids is 1. The van der Waals surface area contributed by atoms with E-state index < -0.39 is 23.8 Å². The lowest BCUT2D eigenvalue weighted by atomic mass is 10.1. The Morgan fingerprint density at radius 3 is 2.59 bits per heavy atom. The molecule has 1 unspecified atom stereocenters. The Hall–Kier alpha value is -1.76. The number of alkyl halides is 3. The molecule has 92 valence electrons. The molecule has 0 bridgehead atoms. The molecule has 2 N–H and O–H groups in total. The van der Waals surface area contributed by atoms with Crippen molar-refractivity contribution in [1.29, 1.82) is 0 Å². The predicted molar refractivity (Wildman–Crippen MR) is 51.6 cm³/mol. The van der Waals surface area contributed by atoms with Gasteiger partial charge in [0.05, 0.1) is 18.4 Å². The Morgan fingerprint density at radius 2 is 2.06 bits per heavy atom. The summed E-state index contributed by atoms with van der Waals surface area (Å²) in [5.41, 5.74) is -1.01. The van der Waals surface area contributed by atoms with Gasteiger partial charge in [0.1, 0.15) is 5.75 Å². The second-order valence-corrected chi connectivity index (χ2v) is 3.53. The Bertz CT molecular complexity index is 484. The fourth-order valence-corrected chi connectivity index (χ4v) is 1.64. The van der Waals surface area contributed by atoms with Crippen molar-refractivity contribution in [2.45, 2.75) is 12.3 Å². The number of aliphatic hydroxyl groups is 1. The molecule has 0 radical (unpaired) electrons. The standard InChI is InChI=1S/C10H8F3NO3/c1-17-6-3-4(10(11,12)13)2-5-7(6)14-9(16)8(5)15/h2-3,8,15H,1H3,(H,14,16). The molecule has 0 spiro atoms. The number of nitrogens with one attached hydrogen (secondary N) is 1. The van der Waals surface area contributed by atoms with Gasteiger partial charge in [-0.2, -0.15) is 13.2 Å². The van der Waals surface area contributed by atoms with Gasteiger partial charge in [-0.05, 0) is 12.1 Å². The van der Waals surface area contributed by atoms with Crippen molar-refractivity contribution in [3.05, 3.63) is 23.3 Å². The van der Waals surface area contributed by atoms with E-state index in [0.29, 0.717) is 0 Å². The number of halogens is 3. The highest BCUT2D eigenvalue weighted by Crippen LogP contribution is 2.43. The van der Waals surface area contributed by atoms with E-state index in [0.717, 1.165) is 12.1 Å². The second-order valence-electron chi connectivity index (χ2n) is 3.53. The van der Waals surface area contributed by atoms with Crippen molar-refractivity contribution in [3.8, 4) is 5.75 Å². The van der Waals surface area contributed by atoms with E-state index in [-0.39, 0.29) is 17.0 Å². The number of amides is 1. The lowest BCUT2D eigenvalue weighted by molar-refractivity contribution is -0.137. The lowest BCUT2D eigenvalue weighted by Crippen LogP contribution is -2.10. The van der Waals surface area contributed by atoms with Gasteiger partial charge in [-0.1, -0.05) is 0 Å². The van der Waals surface area contributed by atoms with Gasteiger partial charge in [0.25, 0.3) is 5.91 Å². The Labute approximate surface area is 94.0 Å². The SMILES string of the molecule is COc1cc(C(F)(F)F)cc2c1NC(=O)C2O. The third kappa shape index (κ3) is 1.82. The summed E-state index contributed by atoms with van der Waals surface area (Å²) < 4.78 is 42.4. The van der Waals surface area contributed by atoms with Crippen LogP contribution >= 0.6 is 0 Å². The average Bonchev–Trinajstić information content (AvgIpc) is 2.53. The molecule has 0 saturated carbocycles. The Kier molecular flexibility index (Phi) is 2.50. The minimum absolute atomic E-state index is 0.0815. The monoisotopic (exact) mass is 247 g/mol. The van der Waals surface area contributed by atoms with Gasteiger partial charge < -0.3 is 15.2 Å². The minimum Gasteiger partial charge on any atom is -0.495 e. The minimum atomic E-state index is -4.56. The summed E-state index contributed by atoms with van der Waals surface area (Å²) >= 11 is 0. The summed E-state index contributed by atoms with van der Waals surface area (Å²) in [6, 6.07) is 1.51. The predicted octanol–water partition coefficient (Wildman–Crippen LogP) is 1.70. The smallest absolute Gasteiger partial charge is 0.416 e. The molecule has 1 aliphatic heterocycles. The van der Waals surface area contributed by atoms with Crippen LogP contribution in [0.3, 0.4) is 0 Å². The van der Waals surface area contributed by atoms with Gasteiger partial charge in [-0.3, -0.25) is 4.79 Å². The molecule has 0 aliphatic carbocycles. The van der Waals surface area contributed by atoms with Crippen LogP contribution in [0.25, 0.3) is 0 Å². The van der Waals surface area contributed by atoms with Crippen LogP contribution in [0.15, 0.2) is 12.1 Å². The van der Waals surface area contributed by atoms with Crippen molar-refractivity contribution < 1.29 is 27.8 Å². The van der Waals surface area contributed by atoms with E-state index in [1.807, 2.05) is 0 Å². The molecule has 2 rings (SSSR count). The van der Waals surface area contributed by atoms with Crippen molar-refractivity contribution >= 4 is 11.6 Å². The number of methoxy groups -OCH3 is 1. The highest BCUT2D eigenvalue weighted by molar-refractivity contribution is 6.03. The van der Waals surface area contributed by atoms with Gasteiger partial charge in [-0.25, -0.2) is 0 Å². The largest absolute Gasteiger partial charge is 0.495 e. The van der Waals surface area contributed by atoms with Crippen LogP contribution in [0.1, 0.15) is 17.2 Å². The maximum atomic E-state index is 12.6. The fraction of sp³-hybridized carbons (Fsp3) is 0.300. The van der Waals surface area contributed by atoms with Crippen molar-refractivity contribution in [1.82, 2.24) is 0 Å². The van der Waals surface area contributed by atoms with Crippen LogP contribution in [0, 0.1) is 0 Å². The number of aliphatic hydroxyl groups excluding tert-OH is 1. The maximum Gasteiger partial charge on any atom is 0.416 e. The van der Waals surface area contributed by atoms with Crippen molar-refractivity contribution in [3.63, 3.8) is 0 Å². The summed E-state index contributed by atoms with van der Waals surface area (Å²) in [7, 11) is 1.19. The number of rotatable bonds is 1. The first-order chi connectivity index (χ1) is 7.84. The zero-order chi connectivity index (χ0) is 12.8. The molecular weight excluding hydrogens is 239 g/mol. The second kappa shape index (κ2) is 3.63. The van der Waals surface area contributed by atoms with Crippen molar-refractivity contribution in [2.75, 3.05) is 12.4 Å². The summed E-state index contributed by atoms with van der Waals surface area (Å²) in [6.07, 6.45) is -6.16. The van der Waals surface area contributed by atoms with Gasteiger partial charge in [0, 0.05) is 5.56 Å². The van der Waals surface area contributed by atoms with E-state index in [9.17, 15) is 23.1 Å². The van der Waals surface area contributed by atoms with Crippen LogP contribution in [0.2, 0.25) is 0 Å². The number of hydrogen-bond donors (Lipinski definition) is 2. The zero-order valence-corrected chi connectivity index (χ0v) is 8.63. The highest BCUT2D eigenvalue weighted by atomic mass is 19.4. The molecule has 1 aliphatic rings. The van der Waals surface area contributed by atoms with Crippen LogP contribution in [0.4, 0.5) is 18.9 Å². The van der Waals surface area contributed by atoms with Crippen molar-refractivity contribution in [2.24, 2.45) is 0 Å². The summed E-state index contributed by atoms with van der Waals surface area (Å²) in [6.45, 7) is 0. The molecule has 1 atom stereocenters. The number of hydrogen-bond acceptors (Lipinski definition) is 3. The Balaban J connectivity index is 2.62. The quantitative estimate of drug-likeness (QED) is 0.794. The van der Waals surface area contributed by atoms with E-state index >= 15 is 0 Å².